The molecule has 40 heavy (non-hydrogen) atoms. The van der Waals surface area contributed by atoms with Crippen LogP contribution in [-0.4, -0.2) is 56.7 Å². The lowest BCUT2D eigenvalue weighted by Crippen LogP contribution is -2.41. The van der Waals surface area contributed by atoms with E-state index in [1.807, 2.05) is 6.92 Å². The lowest BCUT2D eigenvalue weighted by atomic mass is 9.95. The van der Waals surface area contributed by atoms with Crippen molar-refractivity contribution in [2.24, 2.45) is 5.92 Å². The van der Waals surface area contributed by atoms with Crippen molar-refractivity contribution in [2.75, 3.05) is 0 Å². The highest BCUT2D eigenvalue weighted by Gasteiger charge is 2.22. The molecule has 0 spiro atoms. The molecule has 0 aliphatic rings. The van der Waals surface area contributed by atoms with Crippen LogP contribution in [0.3, 0.4) is 0 Å². The van der Waals surface area contributed by atoms with Crippen molar-refractivity contribution in [2.45, 2.75) is 148 Å². The Bertz CT molecular complexity index is 781. The van der Waals surface area contributed by atoms with Crippen LogP contribution in [0.15, 0.2) is 0 Å². The molecule has 0 aromatic heterocycles. The van der Waals surface area contributed by atoms with E-state index in [1.54, 1.807) is 0 Å². The SMILES string of the molecule is CCCC(=O)CCC(NC(=O)CCCCCCCCCCCCCCC(=O)CC(CCC(=O)O)C(=O)O)C(=O)O. The first-order valence-electron chi connectivity index (χ1n) is 15.1. The van der Waals surface area contributed by atoms with Crippen molar-refractivity contribution in [3.05, 3.63) is 0 Å². The third kappa shape index (κ3) is 22.1. The molecule has 0 saturated carbocycles. The van der Waals surface area contributed by atoms with Crippen molar-refractivity contribution in [3.8, 4) is 0 Å². The third-order valence-corrected chi connectivity index (χ3v) is 7.01. The number of hydrogen-bond donors (Lipinski definition) is 4. The first-order chi connectivity index (χ1) is 19.1. The van der Waals surface area contributed by atoms with Crippen LogP contribution in [0.5, 0.6) is 0 Å². The van der Waals surface area contributed by atoms with Gasteiger partial charge in [-0.3, -0.25) is 24.0 Å². The first kappa shape index (κ1) is 37.2. The van der Waals surface area contributed by atoms with Crippen LogP contribution in [0.25, 0.3) is 0 Å². The van der Waals surface area contributed by atoms with E-state index in [2.05, 4.69) is 5.32 Å². The van der Waals surface area contributed by atoms with E-state index in [4.69, 9.17) is 10.2 Å². The second-order valence-corrected chi connectivity index (χ2v) is 10.7. The highest BCUT2D eigenvalue weighted by atomic mass is 16.4. The lowest BCUT2D eigenvalue weighted by Gasteiger charge is -2.14. The second-order valence-electron chi connectivity index (χ2n) is 10.7. The van der Waals surface area contributed by atoms with E-state index in [0.717, 1.165) is 83.5 Å². The van der Waals surface area contributed by atoms with Crippen molar-refractivity contribution in [1.82, 2.24) is 5.32 Å². The predicted molar refractivity (Wildman–Crippen MR) is 151 cm³/mol. The Balaban J connectivity index is 3.68. The molecule has 10 nitrogen and oxygen atoms in total. The summed E-state index contributed by atoms with van der Waals surface area (Å²) in [6.45, 7) is 1.90. The Morgan fingerprint density at radius 2 is 1.05 bits per heavy atom. The van der Waals surface area contributed by atoms with Crippen LogP contribution in [0.4, 0.5) is 0 Å². The number of hydrogen-bond acceptors (Lipinski definition) is 6. The quantitative estimate of drug-likeness (QED) is 0.0862. The van der Waals surface area contributed by atoms with E-state index in [1.165, 1.54) is 0 Å². The maximum absolute atomic E-state index is 12.1. The maximum atomic E-state index is 12.1. The van der Waals surface area contributed by atoms with Gasteiger partial charge in [0.15, 0.2) is 0 Å². The number of rotatable bonds is 28. The predicted octanol–water partition coefficient (Wildman–Crippen LogP) is 5.69. The zero-order valence-corrected chi connectivity index (χ0v) is 24.3. The molecule has 2 atom stereocenters. The summed E-state index contributed by atoms with van der Waals surface area (Å²) in [5.74, 6) is -4.56. The fourth-order valence-electron chi connectivity index (χ4n) is 4.60. The molecule has 1 amide bonds. The molecule has 2 unspecified atom stereocenters. The van der Waals surface area contributed by atoms with Gasteiger partial charge in [-0.1, -0.05) is 71.1 Å². The summed E-state index contributed by atoms with van der Waals surface area (Å²) in [6.07, 6.45) is 13.9. The summed E-state index contributed by atoms with van der Waals surface area (Å²) >= 11 is 0. The van der Waals surface area contributed by atoms with Gasteiger partial charge >= 0.3 is 17.9 Å². The number of carboxylic acids is 3. The molecule has 230 valence electrons. The van der Waals surface area contributed by atoms with Gasteiger partial charge in [-0.25, -0.2) is 4.79 Å². The normalized spacial score (nSPS) is 12.4. The molecular formula is C30H51NO9. The molecule has 0 rings (SSSR count). The molecule has 0 heterocycles. The fourth-order valence-corrected chi connectivity index (χ4v) is 4.60. The summed E-state index contributed by atoms with van der Waals surface area (Å²) in [6, 6.07) is -1.01. The van der Waals surface area contributed by atoms with E-state index in [0.29, 0.717) is 19.3 Å². The van der Waals surface area contributed by atoms with Gasteiger partial charge in [-0.05, 0) is 32.1 Å². The summed E-state index contributed by atoms with van der Waals surface area (Å²) < 4.78 is 0. The Labute approximate surface area is 238 Å². The average Bonchev–Trinajstić information content (AvgIpc) is 2.88. The van der Waals surface area contributed by atoms with Gasteiger partial charge in [-0.2, -0.15) is 0 Å². The zero-order chi connectivity index (χ0) is 30.2. The minimum Gasteiger partial charge on any atom is -0.481 e. The van der Waals surface area contributed by atoms with Crippen molar-refractivity contribution >= 4 is 35.4 Å². The maximum Gasteiger partial charge on any atom is 0.326 e. The number of amides is 1. The number of carbonyl (C=O) groups is 6. The van der Waals surface area contributed by atoms with Crippen LogP contribution in [0.1, 0.15) is 142 Å². The van der Waals surface area contributed by atoms with Crippen LogP contribution in [-0.2, 0) is 28.8 Å². The lowest BCUT2D eigenvalue weighted by molar-refractivity contribution is -0.145. The van der Waals surface area contributed by atoms with E-state index < -0.39 is 29.9 Å². The fraction of sp³-hybridized carbons (Fsp3) is 0.800. The molecule has 0 aliphatic heterocycles. The van der Waals surface area contributed by atoms with Crippen LogP contribution >= 0.6 is 0 Å². The third-order valence-electron chi connectivity index (χ3n) is 7.01. The highest BCUT2D eigenvalue weighted by molar-refractivity contribution is 5.85. The van der Waals surface area contributed by atoms with Gasteiger partial charge in [0.05, 0.1) is 5.92 Å². The Morgan fingerprint density at radius 1 is 0.550 bits per heavy atom. The molecule has 0 bridgehead atoms. The van der Waals surface area contributed by atoms with E-state index in [-0.39, 0.29) is 49.6 Å². The monoisotopic (exact) mass is 569 g/mol. The first-order valence-corrected chi connectivity index (χ1v) is 15.1. The molecule has 0 fully saturated rings. The van der Waals surface area contributed by atoms with Gasteiger partial charge in [-0.15, -0.1) is 0 Å². The summed E-state index contributed by atoms with van der Waals surface area (Å²) in [4.78, 5) is 68.8. The van der Waals surface area contributed by atoms with Crippen molar-refractivity contribution in [3.63, 3.8) is 0 Å². The number of unbranched alkanes of at least 4 members (excludes halogenated alkanes) is 11. The Hall–Kier alpha value is -2.78. The van der Waals surface area contributed by atoms with E-state index in [9.17, 15) is 33.9 Å². The molecule has 10 heteroatoms. The molecule has 0 radical (unpaired) electrons. The molecule has 4 N–H and O–H groups in total. The van der Waals surface area contributed by atoms with Gasteiger partial charge in [0.25, 0.3) is 0 Å². The molecular weight excluding hydrogens is 518 g/mol. The number of carboxylic acid groups (broad SMARTS) is 3. The van der Waals surface area contributed by atoms with E-state index >= 15 is 0 Å². The molecule has 0 aromatic rings. The van der Waals surface area contributed by atoms with Gasteiger partial charge < -0.3 is 20.6 Å². The van der Waals surface area contributed by atoms with Gasteiger partial charge in [0.2, 0.25) is 5.91 Å². The minimum absolute atomic E-state index is 0.0211. The largest absolute Gasteiger partial charge is 0.481 e. The molecule has 0 aliphatic carbocycles. The number of carbonyl (C=O) groups excluding carboxylic acids is 3. The Morgan fingerprint density at radius 3 is 1.50 bits per heavy atom. The average molecular weight is 570 g/mol. The zero-order valence-electron chi connectivity index (χ0n) is 24.3. The smallest absolute Gasteiger partial charge is 0.326 e. The standard InChI is InChI=1S/C30H51NO9/c1-2-15-24(32)19-20-26(30(39)40)31-27(34)17-14-12-10-8-6-4-3-5-7-9-11-13-16-25(33)22-23(29(37)38)18-21-28(35)36/h23,26H,2-22H2,1H3,(H,31,34)(H,35,36)(H,37,38)(H,39,40). The number of aliphatic carboxylic acids is 3. The van der Waals surface area contributed by atoms with Crippen LogP contribution < -0.4 is 5.32 Å². The van der Waals surface area contributed by atoms with Gasteiger partial charge in [0.1, 0.15) is 17.6 Å². The Kier molecular flexibility index (Phi) is 22.4. The topological polar surface area (TPSA) is 175 Å². The minimum atomic E-state index is -1.11. The molecule has 0 saturated heterocycles. The van der Waals surface area contributed by atoms with Gasteiger partial charge in [0, 0.05) is 38.5 Å². The van der Waals surface area contributed by atoms with Crippen LogP contribution in [0, 0.1) is 5.92 Å². The summed E-state index contributed by atoms with van der Waals surface area (Å²) in [5.41, 5.74) is 0. The molecule has 0 aromatic carbocycles. The second kappa shape index (κ2) is 24.1. The summed E-state index contributed by atoms with van der Waals surface area (Å²) in [5, 5.41) is 29.6. The van der Waals surface area contributed by atoms with Crippen molar-refractivity contribution < 1.29 is 44.1 Å². The number of nitrogens with one attached hydrogen (secondary N) is 1. The highest BCUT2D eigenvalue weighted by Crippen LogP contribution is 2.17. The summed E-state index contributed by atoms with van der Waals surface area (Å²) in [7, 11) is 0. The number of Topliss-reactive ketones (excluding diaryl/α,β-unsaturated/α-hetero) is 2. The number of ketones is 2. The van der Waals surface area contributed by atoms with Crippen molar-refractivity contribution in [1.29, 1.82) is 0 Å². The van der Waals surface area contributed by atoms with Crippen LogP contribution in [0.2, 0.25) is 0 Å².